The molecule has 4 heteroatoms. The molecule has 1 amide bonds. The second-order valence-electron chi connectivity index (χ2n) is 7.18. The molecule has 0 saturated heterocycles. The van der Waals surface area contributed by atoms with Crippen molar-refractivity contribution in [3.05, 3.63) is 42.0 Å². The number of rotatable bonds is 2. The fourth-order valence-corrected chi connectivity index (χ4v) is 2.85. The van der Waals surface area contributed by atoms with Crippen LogP contribution < -0.4 is 15.8 Å². The number of para-hydroxylation sites is 1. The lowest BCUT2D eigenvalue weighted by molar-refractivity contribution is 0.191. The van der Waals surface area contributed by atoms with Gasteiger partial charge >= 0.3 is 6.09 Å². The van der Waals surface area contributed by atoms with Crippen LogP contribution in [0.25, 0.3) is 0 Å². The van der Waals surface area contributed by atoms with Gasteiger partial charge in [-0.05, 0) is 37.2 Å². The number of amides is 1. The summed E-state index contributed by atoms with van der Waals surface area (Å²) >= 11 is 0. The van der Waals surface area contributed by atoms with Gasteiger partial charge in [-0.15, -0.1) is 0 Å². The molecule has 2 atom stereocenters. The Kier molecular flexibility index (Phi) is 5.83. The summed E-state index contributed by atoms with van der Waals surface area (Å²) < 4.78 is 5.57. The minimum absolute atomic E-state index is 0.0367. The quantitative estimate of drug-likeness (QED) is 0.813. The molecular weight excluding hydrogens is 288 g/mol. The van der Waals surface area contributed by atoms with Crippen LogP contribution in [-0.2, 0) is 5.41 Å². The summed E-state index contributed by atoms with van der Waals surface area (Å²) in [5, 5.41) is 2.94. The highest BCUT2D eigenvalue weighted by molar-refractivity contribution is 5.71. The SMILES string of the molecule is CC(C)(C)c1ccccc1OC(=O)NC1CC/C=C/CCC1N. The summed E-state index contributed by atoms with van der Waals surface area (Å²) in [5.41, 5.74) is 7.11. The zero-order valence-corrected chi connectivity index (χ0v) is 14.3. The molecule has 0 spiro atoms. The van der Waals surface area contributed by atoms with Crippen LogP contribution in [-0.4, -0.2) is 18.2 Å². The average Bonchev–Trinajstić information content (AvgIpc) is 2.46. The first kappa shape index (κ1) is 17.5. The van der Waals surface area contributed by atoms with E-state index in [0.717, 1.165) is 31.2 Å². The zero-order valence-electron chi connectivity index (χ0n) is 14.3. The Balaban J connectivity index is 2.03. The van der Waals surface area contributed by atoms with E-state index in [2.05, 4.69) is 38.2 Å². The van der Waals surface area contributed by atoms with Gasteiger partial charge in [0.15, 0.2) is 0 Å². The van der Waals surface area contributed by atoms with Crippen LogP contribution in [0.2, 0.25) is 0 Å². The summed E-state index contributed by atoms with van der Waals surface area (Å²) in [7, 11) is 0. The normalized spacial score (nSPS) is 23.5. The van der Waals surface area contributed by atoms with Crippen molar-refractivity contribution < 1.29 is 9.53 Å². The van der Waals surface area contributed by atoms with Gasteiger partial charge in [0.25, 0.3) is 0 Å². The Morgan fingerprint density at radius 3 is 2.52 bits per heavy atom. The van der Waals surface area contributed by atoms with Gasteiger partial charge < -0.3 is 15.8 Å². The van der Waals surface area contributed by atoms with Crippen molar-refractivity contribution in [2.24, 2.45) is 5.73 Å². The second-order valence-corrected chi connectivity index (χ2v) is 7.18. The Morgan fingerprint density at radius 2 is 1.83 bits per heavy atom. The molecule has 0 aliphatic heterocycles. The van der Waals surface area contributed by atoms with Crippen molar-refractivity contribution in [3.8, 4) is 5.75 Å². The fraction of sp³-hybridized carbons (Fsp3) is 0.526. The molecule has 2 unspecified atom stereocenters. The number of nitrogens with two attached hydrogens (primary N) is 1. The standard InChI is InChI=1S/C19H28N2O2/c1-19(2,3)14-10-8-9-13-17(14)23-18(22)21-16-12-7-5-4-6-11-15(16)20/h4-5,8-10,13,15-16H,6-7,11-12,20H2,1-3H3,(H,21,22)/b5-4+. The lowest BCUT2D eigenvalue weighted by Gasteiger charge is -2.26. The first-order valence-corrected chi connectivity index (χ1v) is 8.36. The van der Waals surface area contributed by atoms with Gasteiger partial charge in [0, 0.05) is 17.6 Å². The van der Waals surface area contributed by atoms with Gasteiger partial charge in [-0.1, -0.05) is 51.1 Å². The molecule has 1 aromatic carbocycles. The molecule has 0 radical (unpaired) electrons. The smallest absolute Gasteiger partial charge is 0.410 e. The molecule has 2 rings (SSSR count). The van der Waals surface area contributed by atoms with Crippen molar-refractivity contribution in [3.63, 3.8) is 0 Å². The number of hydrogen-bond acceptors (Lipinski definition) is 3. The fourth-order valence-electron chi connectivity index (χ4n) is 2.85. The maximum absolute atomic E-state index is 12.3. The number of carbonyl (C=O) groups is 1. The molecule has 23 heavy (non-hydrogen) atoms. The third-order valence-electron chi connectivity index (χ3n) is 4.20. The van der Waals surface area contributed by atoms with E-state index < -0.39 is 6.09 Å². The molecule has 0 bridgehead atoms. The van der Waals surface area contributed by atoms with Crippen LogP contribution in [0.3, 0.4) is 0 Å². The lowest BCUT2D eigenvalue weighted by Crippen LogP contribution is -2.48. The molecule has 4 nitrogen and oxygen atoms in total. The molecule has 0 saturated carbocycles. The number of nitrogens with one attached hydrogen (secondary N) is 1. The number of carbonyl (C=O) groups excluding carboxylic acids is 1. The van der Waals surface area contributed by atoms with Crippen molar-refractivity contribution >= 4 is 6.09 Å². The third-order valence-corrected chi connectivity index (χ3v) is 4.20. The summed E-state index contributed by atoms with van der Waals surface area (Å²) in [5.74, 6) is 0.608. The number of allylic oxidation sites excluding steroid dienone is 2. The Labute approximate surface area is 139 Å². The molecule has 3 N–H and O–H groups in total. The molecule has 1 aliphatic rings. The topological polar surface area (TPSA) is 64.3 Å². The highest BCUT2D eigenvalue weighted by Gasteiger charge is 2.23. The molecular formula is C19H28N2O2. The monoisotopic (exact) mass is 316 g/mol. The van der Waals surface area contributed by atoms with Crippen LogP contribution in [0.4, 0.5) is 4.79 Å². The maximum atomic E-state index is 12.3. The number of ether oxygens (including phenoxy) is 1. The summed E-state index contributed by atoms with van der Waals surface area (Å²) in [6.45, 7) is 6.30. The van der Waals surface area contributed by atoms with E-state index in [1.54, 1.807) is 0 Å². The van der Waals surface area contributed by atoms with Crippen LogP contribution >= 0.6 is 0 Å². The maximum Gasteiger partial charge on any atom is 0.412 e. The van der Waals surface area contributed by atoms with Gasteiger partial charge in [-0.2, -0.15) is 0 Å². The van der Waals surface area contributed by atoms with E-state index in [1.165, 1.54) is 0 Å². The largest absolute Gasteiger partial charge is 0.412 e. The molecule has 1 aliphatic carbocycles. The number of benzene rings is 1. The Morgan fingerprint density at radius 1 is 1.17 bits per heavy atom. The molecule has 0 aromatic heterocycles. The van der Waals surface area contributed by atoms with Gasteiger partial charge in [0.1, 0.15) is 5.75 Å². The van der Waals surface area contributed by atoms with Crippen LogP contribution in [0, 0.1) is 0 Å². The van der Waals surface area contributed by atoms with Crippen LogP contribution in [0.1, 0.15) is 52.0 Å². The highest BCUT2D eigenvalue weighted by Crippen LogP contribution is 2.31. The van der Waals surface area contributed by atoms with Crippen molar-refractivity contribution in [1.82, 2.24) is 5.32 Å². The van der Waals surface area contributed by atoms with E-state index >= 15 is 0 Å². The molecule has 0 fully saturated rings. The van der Waals surface area contributed by atoms with E-state index in [-0.39, 0.29) is 17.5 Å². The first-order chi connectivity index (χ1) is 10.9. The van der Waals surface area contributed by atoms with Crippen LogP contribution in [0.15, 0.2) is 36.4 Å². The first-order valence-electron chi connectivity index (χ1n) is 8.36. The highest BCUT2D eigenvalue weighted by atomic mass is 16.6. The van der Waals surface area contributed by atoms with Crippen molar-refractivity contribution in [2.75, 3.05) is 0 Å². The average molecular weight is 316 g/mol. The molecule has 126 valence electrons. The summed E-state index contributed by atoms with van der Waals surface area (Å²) in [6.07, 6.45) is 7.49. The van der Waals surface area contributed by atoms with Crippen LogP contribution in [0.5, 0.6) is 5.75 Å². The number of hydrogen-bond donors (Lipinski definition) is 2. The predicted molar refractivity (Wildman–Crippen MR) is 93.7 cm³/mol. The summed E-state index contributed by atoms with van der Waals surface area (Å²) in [4.78, 5) is 12.3. The lowest BCUT2D eigenvalue weighted by atomic mass is 9.86. The minimum Gasteiger partial charge on any atom is -0.410 e. The zero-order chi connectivity index (χ0) is 16.9. The third kappa shape index (κ3) is 5.10. The Hall–Kier alpha value is -1.81. The van der Waals surface area contributed by atoms with E-state index in [0.29, 0.717) is 5.75 Å². The predicted octanol–water partition coefficient (Wildman–Crippen LogP) is 3.90. The van der Waals surface area contributed by atoms with E-state index in [9.17, 15) is 4.79 Å². The summed E-state index contributed by atoms with van der Waals surface area (Å²) in [6, 6.07) is 7.59. The van der Waals surface area contributed by atoms with Crippen molar-refractivity contribution in [1.29, 1.82) is 0 Å². The minimum atomic E-state index is -0.424. The van der Waals surface area contributed by atoms with Gasteiger partial charge in [0.05, 0.1) is 0 Å². The van der Waals surface area contributed by atoms with Crippen molar-refractivity contribution in [2.45, 2.75) is 64.0 Å². The Bertz CT molecular complexity index is 561. The van der Waals surface area contributed by atoms with Gasteiger partial charge in [0.2, 0.25) is 0 Å². The molecule has 0 heterocycles. The van der Waals surface area contributed by atoms with E-state index in [1.807, 2.05) is 24.3 Å². The molecule has 1 aromatic rings. The van der Waals surface area contributed by atoms with Gasteiger partial charge in [-0.3, -0.25) is 0 Å². The second kappa shape index (κ2) is 7.64. The van der Waals surface area contributed by atoms with E-state index in [4.69, 9.17) is 10.5 Å². The van der Waals surface area contributed by atoms with Gasteiger partial charge in [-0.25, -0.2) is 4.79 Å².